The molecule has 1 aliphatic rings. The fourth-order valence-corrected chi connectivity index (χ4v) is 5.00. The highest BCUT2D eigenvalue weighted by Gasteiger charge is 2.19. The third kappa shape index (κ3) is 8.05. The van der Waals surface area contributed by atoms with E-state index in [1.54, 1.807) is 7.11 Å². The first-order valence-corrected chi connectivity index (χ1v) is 14.4. The molecule has 0 radical (unpaired) electrons. The van der Waals surface area contributed by atoms with Gasteiger partial charge in [0.25, 0.3) is 0 Å². The van der Waals surface area contributed by atoms with E-state index in [-0.39, 0.29) is 32.3 Å². The summed E-state index contributed by atoms with van der Waals surface area (Å²) in [5, 5.41) is 0. The Labute approximate surface area is 248 Å². The SMILES string of the molecule is CCC(=C(c1ccc(OCOC)cc1)c1ccc(OCC(CN(CC)CC)OC(C)=O)cc1)c1ccc2c(c1)OCO2. The zero-order valence-corrected chi connectivity index (χ0v) is 25.2. The minimum absolute atomic E-state index is 0.189. The van der Waals surface area contributed by atoms with Crippen LogP contribution in [-0.2, 0) is 14.3 Å². The Morgan fingerprint density at radius 1 is 0.833 bits per heavy atom. The Balaban J connectivity index is 1.64. The summed E-state index contributed by atoms with van der Waals surface area (Å²) in [7, 11) is 1.60. The van der Waals surface area contributed by atoms with Crippen molar-refractivity contribution in [3.8, 4) is 23.0 Å². The van der Waals surface area contributed by atoms with Crippen LogP contribution in [0.5, 0.6) is 23.0 Å². The van der Waals surface area contributed by atoms with Crippen molar-refractivity contribution in [1.29, 1.82) is 0 Å². The minimum Gasteiger partial charge on any atom is -0.490 e. The van der Waals surface area contributed by atoms with Crippen LogP contribution in [0.4, 0.5) is 0 Å². The van der Waals surface area contributed by atoms with Crippen molar-refractivity contribution in [2.24, 2.45) is 0 Å². The zero-order chi connectivity index (χ0) is 29.9. The number of esters is 1. The van der Waals surface area contributed by atoms with E-state index in [2.05, 4.69) is 56.0 Å². The fraction of sp³-hybridized carbons (Fsp3) is 0.382. The third-order valence-corrected chi connectivity index (χ3v) is 7.13. The first-order valence-electron chi connectivity index (χ1n) is 14.4. The maximum absolute atomic E-state index is 11.7. The quantitative estimate of drug-likeness (QED) is 0.117. The molecule has 1 aliphatic heterocycles. The van der Waals surface area contributed by atoms with E-state index in [1.807, 2.05) is 36.4 Å². The van der Waals surface area contributed by atoms with Gasteiger partial charge in [-0.2, -0.15) is 0 Å². The van der Waals surface area contributed by atoms with Gasteiger partial charge in [0.15, 0.2) is 18.3 Å². The highest BCUT2D eigenvalue weighted by atomic mass is 16.7. The van der Waals surface area contributed by atoms with E-state index in [4.69, 9.17) is 28.4 Å². The first kappa shape index (κ1) is 30.9. The smallest absolute Gasteiger partial charge is 0.303 e. The number of likely N-dealkylation sites (N-methyl/N-ethyl adjacent to an activating group) is 1. The molecular weight excluding hydrogens is 534 g/mol. The molecule has 1 atom stereocenters. The Morgan fingerprint density at radius 2 is 1.43 bits per heavy atom. The Bertz CT molecular complexity index is 1330. The molecule has 0 saturated carbocycles. The molecule has 0 aromatic heterocycles. The highest BCUT2D eigenvalue weighted by molar-refractivity contribution is 5.99. The van der Waals surface area contributed by atoms with Gasteiger partial charge in [-0.3, -0.25) is 4.79 Å². The second kappa shape index (κ2) is 15.3. The van der Waals surface area contributed by atoms with Crippen LogP contribution in [0, 0.1) is 0 Å². The van der Waals surface area contributed by atoms with Crippen molar-refractivity contribution in [3.05, 3.63) is 83.4 Å². The largest absolute Gasteiger partial charge is 0.490 e. The minimum atomic E-state index is -0.353. The zero-order valence-electron chi connectivity index (χ0n) is 25.2. The molecule has 0 spiro atoms. The lowest BCUT2D eigenvalue weighted by Crippen LogP contribution is -2.38. The van der Waals surface area contributed by atoms with Crippen LogP contribution in [-0.4, -0.2) is 63.9 Å². The third-order valence-electron chi connectivity index (χ3n) is 7.13. The van der Waals surface area contributed by atoms with Gasteiger partial charge in [0.2, 0.25) is 6.79 Å². The number of hydrogen-bond acceptors (Lipinski definition) is 8. The number of nitrogens with zero attached hydrogens (tertiary/aromatic N) is 1. The molecule has 3 aromatic carbocycles. The van der Waals surface area contributed by atoms with Gasteiger partial charge in [-0.05, 0) is 83.7 Å². The van der Waals surface area contributed by atoms with Crippen molar-refractivity contribution in [3.63, 3.8) is 0 Å². The summed E-state index contributed by atoms with van der Waals surface area (Å²) in [6.45, 7) is 10.8. The fourth-order valence-electron chi connectivity index (χ4n) is 5.00. The van der Waals surface area contributed by atoms with Crippen LogP contribution < -0.4 is 18.9 Å². The second-order valence-corrected chi connectivity index (χ2v) is 9.90. The normalized spacial score (nSPS) is 13.5. The lowest BCUT2D eigenvalue weighted by atomic mass is 9.88. The van der Waals surface area contributed by atoms with Crippen LogP contribution >= 0.6 is 0 Å². The number of ether oxygens (including phenoxy) is 6. The number of allylic oxidation sites excluding steroid dienone is 1. The van der Waals surface area contributed by atoms with E-state index in [9.17, 15) is 4.79 Å². The van der Waals surface area contributed by atoms with Crippen molar-refractivity contribution in [2.75, 3.05) is 46.9 Å². The predicted molar refractivity (Wildman–Crippen MR) is 163 cm³/mol. The standard InChI is InChI=1S/C34H41NO7/c1-6-31(27-13-18-32-33(19-27)41-23-40-32)34(26-11-16-29(17-12-26)39-22-37-5)25-9-14-28(15-10-25)38-21-30(42-24(4)36)20-35(7-2)8-3/h9-19,30H,6-8,20-23H2,1-5H3. The number of methoxy groups -OCH3 is 1. The molecule has 224 valence electrons. The number of hydrogen-bond donors (Lipinski definition) is 0. The molecule has 0 N–H and O–H groups in total. The van der Waals surface area contributed by atoms with Gasteiger partial charge in [-0.25, -0.2) is 0 Å². The average molecular weight is 576 g/mol. The van der Waals surface area contributed by atoms with Crippen LogP contribution in [0.15, 0.2) is 66.7 Å². The van der Waals surface area contributed by atoms with Crippen molar-refractivity contribution in [1.82, 2.24) is 4.90 Å². The van der Waals surface area contributed by atoms with Gasteiger partial charge in [-0.15, -0.1) is 0 Å². The molecule has 4 rings (SSSR count). The Hall–Kier alpha value is -4.01. The van der Waals surface area contributed by atoms with Gasteiger partial charge in [-0.1, -0.05) is 51.1 Å². The molecule has 0 aliphatic carbocycles. The van der Waals surface area contributed by atoms with Crippen LogP contribution in [0.3, 0.4) is 0 Å². The van der Waals surface area contributed by atoms with Gasteiger partial charge in [0, 0.05) is 20.6 Å². The Kier molecular flexibility index (Phi) is 11.3. The summed E-state index contributed by atoms with van der Waals surface area (Å²) >= 11 is 0. The first-order chi connectivity index (χ1) is 20.4. The lowest BCUT2D eigenvalue weighted by Gasteiger charge is -2.25. The summed E-state index contributed by atoms with van der Waals surface area (Å²) in [5.74, 6) is 2.63. The van der Waals surface area contributed by atoms with Crippen LogP contribution in [0.1, 0.15) is 50.8 Å². The summed E-state index contributed by atoms with van der Waals surface area (Å²) in [6, 6.07) is 22.1. The number of carbonyl (C=O) groups excluding carboxylic acids is 1. The van der Waals surface area contributed by atoms with Gasteiger partial charge < -0.3 is 33.3 Å². The second-order valence-electron chi connectivity index (χ2n) is 9.90. The number of rotatable bonds is 15. The van der Waals surface area contributed by atoms with Crippen molar-refractivity contribution < 1.29 is 33.2 Å². The molecule has 1 unspecified atom stereocenters. The molecular formula is C34H41NO7. The van der Waals surface area contributed by atoms with Crippen LogP contribution in [0.2, 0.25) is 0 Å². The molecule has 42 heavy (non-hydrogen) atoms. The van der Waals surface area contributed by atoms with E-state index >= 15 is 0 Å². The topological polar surface area (TPSA) is 75.7 Å². The Morgan fingerprint density at radius 3 is 2.00 bits per heavy atom. The summed E-state index contributed by atoms with van der Waals surface area (Å²) in [4.78, 5) is 13.9. The molecule has 8 nitrogen and oxygen atoms in total. The van der Waals surface area contributed by atoms with Crippen molar-refractivity contribution >= 4 is 17.1 Å². The predicted octanol–water partition coefficient (Wildman–Crippen LogP) is 6.42. The lowest BCUT2D eigenvalue weighted by molar-refractivity contribution is -0.148. The molecule has 0 fully saturated rings. The number of carbonyl (C=O) groups is 1. The van der Waals surface area contributed by atoms with Gasteiger partial charge in [0.1, 0.15) is 24.2 Å². The highest BCUT2D eigenvalue weighted by Crippen LogP contribution is 2.40. The van der Waals surface area contributed by atoms with E-state index in [0.717, 1.165) is 59.0 Å². The van der Waals surface area contributed by atoms with Crippen LogP contribution in [0.25, 0.3) is 11.1 Å². The monoisotopic (exact) mass is 575 g/mol. The summed E-state index contributed by atoms with van der Waals surface area (Å²) in [6.07, 6.45) is 0.444. The number of benzene rings is 3. The molecule has 3 aromatic rings. The summed E-state index contributed by atoms with van der Waals surface area (Å²) < 4.78 is 33.5. The molecule has 0 saturated heterocycles. The van der Waals surface area contributed by atoms with E-state index < -0.39 is 0 Å². The molecule has 0 bridgehead atoms. The average Bonchev–Trinajstić information content (AvgIpc) is 3.48. The van der Waals surface area contributed by atoms with E-state index in [1.165, 1.54) is 12.5 Å². The maximum atomic E-state index is 11.7. The van der Waals surface area contributed by atoms with E-state index in [0.29, 0.717) is 12.3 Å². The molecule has 8 heteroatoms. The number of fused-ring (bicyclic) bond motifs is 1. The van der Waals surface area contributed by atoms with Gasteiger partial charge >= 0.3 is 5.97 Å². The molecule has 1 heterocycles. The van der Waals surface area contributed by atoms with Gasteiger partial charge in [0.05, 0.1) is 0 Å². The summed E-state index contributed by atoms with van der Waals surface area (Å²) in [5.41, 5.74) is 5.43. The van der Waals surface area contributed by atoms with Crippen molar-refractivity contribution in [2.45, 2.75) is 40.2 Å². The maximum Gasteiger partial charge on any atom is 0.303 e. The molecule has 0 amide bonds.